The molecule has 0 rings (SSSR count). The number of phosphoric acid groups is 1. The number of esters is 2. The van der Waals surface area contributed by atoms with Gasteiger partial charge in [0, 0.05) is 12.8 Å². The second-order valence-electron chi connectivity index (χ2n) is 22.4. The molecule has 0 N–H and O–H groups in total. The van der Waals surface area contributed by atoms with E-state index in [1.807, 2.05) is 21.1 Å². The molecule has 458 valence electrons. The Morgan fingerprint density at radius 1 is 0.400 bits per heavy atom. The van der Waals surface area contributed by atoms with Crippen molar-refractivity contribution >= 4 is 19.8 Å². The van der Waals surface area contributed by atoms with Gasteiger partial charge in [-0.25, -0.2) is 0 Å². The maximum absolute atomic E-state index is 12.8. The minimum Gasteiger partial charge on any atom is -0.756 e. The fourth-order valence-electron chi connectivity index (χ4n) is 8.53. The Hall–Kier alpha value is -3.59. The summed E-state index contributed by atoms with van der Waals surface area (Å²) in [5.74, 6) is -0.852. The van der Waals surface area contributed by atoms with Crippen LogP contribution < -0.4 is 4.89 Å². The third kappa shape index (κ3) is 63.6. The summed E-state index contributed by atoms with van der Waals surface area (Å²) in [4.78, 5) is 38.0. The van der Waals surface area contributed by atoms with Crippen molar-refractivity contribution in [2.75, 3.05) is 47.5 Å². The number of hydrogen-bond acceptors (Lipinski definition) is 8. The molecule has 0 saturated carbocycles. The molecule has 0 fully saturated rings. The number of likely N-dealkylation sites (N-methyl/N-ethyl adjacent to an activating group) is 1. The number of hydrogen-bond donors (Lipinski definition) is 0. The van der Waals surface area contributed by atoms with Crippen LogP contribution in [0, 0.1) is 0 Å². The van der Waals surface area contributed by atoms with Crippen LogP contribution in [-0.2, 0) is 32.7 Å². The van der Waals surface area contributed by atoms with E-state index in [1.54, 1.807) is 0 Å². The molecule has 0 aliphatic rings. The molecule has 0 aliphatic carbocycles. The van der Waals surface area contributed by atoms with Crippen molar-refractivity contribution in [1.29, 1.82) is 0 Å². The second kappa shape index (κ2) is 60.0. The predicted octanol–water partition coefficient (Wildman–Crippen LogP) is 20.1. The lowest BCUT2D eigenvalue weighted by atomic mass is 10.0. The van der Waals surface area contributed by atoms with Gasteiger partial charge in [-0.3, -0.25) is 14.2 Å². The molecular weight excluding hydrogens is 1010 g/mol. The Kier molecular flexibility index (Phi) is 57.3. The van der Waals surface area contributed by atoms with Crippen molar-refractivity contribution in [2.24, 2.45) is 0 Å². The van der Waals surface area contributed by atoms with Crippen molar-refractivity contribution in [1.82, 2.24) is 0 Å². The monoisotopic (exact) mass is 1130 g/mol. The van der Waals surface area contributed by atoms with Crippen LogP contribution in [0.4, 0.5) is 0 Å². The van der Waals surface area contributed by atoms with E-state index in [0.717, 1.165) is 103 Å². The first-order chi connectivity index (χ1) is 39.0. The Labute approximate surface area is 492 Å². The lowest BCUT2D eigenvalue weighted by Crippen LogP contribution is -2.37. The van der Waals surface area contributed by atoms with Gasteiger partial charge < -0.3 is 27.9 Å². The predicted molar refractivity (Wildman–Crippen MR) is 341 cm³/mol. The SMILES string of the molecule is CC/C=C\C/C=C\C/C=C\C/C=C\C/C=C\C/C=C\C/C=C\CCCCCCCCCC(=O)OC(COC(=O)CCCCCCCCCCCCCC/C=C\C/C=C\C/C=C\CCCCCCC)COP(=O)([O-])OCC[N+](C)(C)C. The zero-order valence-electron chi connectivity index (χ0n) is 52.0. The summed E-state index contributed by atoms with van der Waals surface area (Å²) in [6.07, 6.45) is 85.3. The molecule has 0 radical (unpaired) electrons. The maximum atomic E-state index is 12.8. The molecule has 2 unspecified atom stereocenters. The molecule has 0 saturated heterocycles. The number of nitrogens with zero attached hydrogens (tertiary/aromatic N) is 1. The maximum Gasteiger partial charge on any atom is 0.306 e. The fraction of sp³-hybridized carbons (Fsp3) is 0.686. The van der Waals surface area contributed by atoms with Crippen LogP contribution in [-0.4, -0.2) is 70.0 Å². The summed E-state index contributed by atoms with van der Waals surface area (Å²) in [6.45, 7) is 4.10. The van der Waals surface area contributed by atoms with E-state index in [9.17, 15) is 19.0 Å². The third-order valence-electron chi connectivity index (χ3n) is 13.5. The number of carbonyl (C=O) groups excluding carboxylic acids is 2. The van der Waals surface area contributed by atoms with Gasteiger partial charge in [0.05, 0.1) is 27.7 Å². The van der Waals surface area contributed by atoms with Crippen LogP contribution in [0.3, 0.4) is 0 Å². The van der Waals surface area contributed by atoms with Crippen LogP contribution in [0.15, 0.2) is 122 Å². The highest BCUT2D eigenvalue weighted by molar-refractivity contribution is 7.45. The summed E-state index contributed by atoms with van der Waals surface area (Å²) in [7, 11) is 1.14. The number of phosphoric ester groups is 1. The van der Waals surface area contributed by atoms with Crippen LogP contribution in [0.2, 0.25) is 0 Å². The summed E-state index contributed by atoms with van der Waals surface area (Å²) in [5.41, 5.74) is 0. The van der Waals surface area contributed by atoms with Gasteiger partial charge in [-0.15, -0.1) is 0 Å². The number of ether oxygens (including phenoxy) is 2. The van der Waals surface area contributed by atoms with Gasteiger partial charge in [0.25, 0.3) is 7.82 Å². The molecule has 80 heavy (non-hydrogen) atoms. The standard InChI is InChI=1S/C70H120NO8P/c1-6-8-10-12-14-16-18-20-22-24-26-28-30-32-34-35-37-39-41-43-45-47-49-51-53-55-57-59-61-63-70(73)79-68(67-78-80(74,75)77-65-64-71(3,4)5)66-76-69(72)62-60-58-56-54-52-50-48-46-44-42-40-38-36-33-31-29-27-25-23-21-19-17-15-13-11-9-7-2/h8,10,14,16,19-22,25-28,31-34,37,39,43,45,68H,6-7,9,11-13,15,17-18,23-24,29-30,35-36,38,40-42,44,46-67H2,1-5H3/b10-8-,16-14-,21-19-,22-20-,27-25-,28-26-,33-31-,34-32-,39-37-,45-43-. The van der Waals surface area contributed by atoms with E-state index in [0.29, 0.717) is 17.4 Å². The zero-order chi connectivity index (χ0) is 58.4. The molecule has 10 heteroatoms. The number of unbranched alkanes of at least 4 members (excludes halogenated alkanes) is 24. The summed E-state index contributed by atoms with van der Waals surface area (Å²) in [6, 6.07) is 0. The van der Waals surface area contributed by atoms with E-state index in [-0.39, 0.29) is 26.1 Å². The molecule has 9 nitrogen and oxygen atoms in total. The molecular formula is C70H120NO8P. The lowest BCUT2D eigenvalue weighted by molar-refractivity contribution is -0.870. The highest BCUT2D eigenvalue weighted by atomic mass is 31.2. The molecule has 0 heterocycles. The molecule has 0 aromatic heterocycles. The lowest BCUT2D eigenvalue weighted by Gasteiger charge is -2.28. The average molecular weight is 1130 g/mol. The van der Waals surface area contributed by atoms with Crippen molar-refractivity contribution in [3.8, 4) is 0 Å². The van der Waals surface area contributed by atoms with Crippen molar-refractivity contribution < 1.29 is 42.1 Å². The molecule has 2 atom stereocenters. The van der Waals surface area contributed by atoms with Crippen LogP contribution in [0.25, 0.3) is 0 Å². The molecule has 0 amide bonds. The fourth-order valence-corrected chi connectivity index (χ4v) is 9.25. The number of allylic oxidation sites excluding steroid dienone is 20. The molecule has 0 spiro atoms. The van der Waals surface area contributed by atoms with E-state index < -0.39 is 32.5 Å². The average Bonchev–Trinajstić information content (AvgIpc) is 3.42. The van der Waals surface area contributed by atoms with E-state index in [1.165, 1.54) is 122 Å². The van der Waals surface area contributed by atoms with Crippen LogP contribution in [0.5, 0.6) is 0 Å². The van der Waals surface area contributed by atoms with E-state index >= 15 is 0 Å². The minimum absolute atomic E-state index is 0.0396. The number of quaternary nitrogens is 1. The Bertz CT molecular complexity index is 1760. The highest BCUT2D eigenvalue weighted by Gasteiger charge is 2.22. The number of rotatable bonds is 58. The zero-order valence-corrected chi connectivity index (χ0v) is 52.9. The molecule has 0 bridgehead atoms. The first-order valence-corrected chi connectivity index (χ1v) is 33.7. The van der Waals surface area contributed by atoms with Gasteiger partial charge in [0.2, 0.25) is 0 Å². The Morgan fingerprint density at radius 2 is 0.713 bits per heavy atom. The quantitative estimate of drug-likeness (QED) is 0.0195. The van der Waals surface area contributed by atoms with Gasteiger partial charge in [0.15, 0.2) is 6.10 Å². The molecule has 0 aromatic rings. The normalized spacial score (nSPS) is 14.0. The van der Waals surface area contributed by atoms with E-state index in [2.05, 4.69) is 135 Å². The largest absolute Gasteiger partial charge is 0.756 e. The van der Waals surface area contributed by atoms with Gasteiger partial charge in [-0.1, -0.05) is 257 Å². The smallest absolute Gasteiger partial charge is 0.306 e. The van der Waals surface area contributed by atoms with Gasteiger partial charge >= 0.3 is 11.9 Å². The van der Waals surface area contributed by atoms with Gasteiger partial charge in [-0.05, 0) is 109 Å². The summed E-state index contributed by atoms with van der Waals surface area (Å²) < 4.78 is 34.2. The first-order valence-electron chi connectivity index (χ1n) is 32.2. The highest BCUT2D eigenvalue weighted by Crippen LogP contribution is 2.38. The minimum atomic E-state index is -4.65. The third-order valence-corrected chi connectivity index (χ3v) is 14.4. The Morgan fingerprint density at radius 3 is 1.06 bits per heavy atom. The molecule has 0 aliphatic heterocycles. The van der Waals surface area contributed by atoms with Crippen LogP contribution in [0.1, 0.15) is 258 Å². The summed E-state index contributed by atoms with van der Waals surface area (Å²) in [5, 5.41) is 0. The van der Waals surface area contributed by atoms with E-state index in [4.69, 9.17) is 18.5 Å². The molecule has 0 aromatic carbocycles. The Balaban J connectivity index is 4.18. The topological polar surface area (TPSA) is 111 Å². The first kappa shape index (κ1) is 76.4. The van der Waals surface area contributed by atoms with Crippen molar-refractivity contribution in [3.63, 3.8) is 0 Å². The van der Waals surface area contributed by atoms with Crippen molar-refractivity contribution in [2.45, 2.75) is 264 Å². The van der Waals surface area contributed by atoms with Crippen LogP contribution >= 0.6 is 7.82 Å². The van der Waals surface area contributed by atoms with Gasteiger partial charge in [-0.2, -0.15) is 0 Å². The van der Waals surface area contributed by atoms with Gasteiger partial charge in [0.1, 0.15) is 19.8 Å². The second-order valence-corrected chi connectivity index (χ2v) is 23.8. The van der Waals surface area contributed by atoms with Crippen molar-refractivity contribution in [3.05, 3.63) is 122 Å². The number of carbonyl (C=O) groups is 2. The summed E-state index contributed by atoms with van der Waals surface area (Å²) >= 11 is 0.